The van der Waals surface area contributed by atoms with Crippen molar-refractivity contribution in [3.05, 3.63) is 47.8 Å². The normalized spacial score (nSPS) is 12.6. The van der Waals surface area contributed by atoms with Crippen LogP contribution >= 0.6 is 0 Å². The molecular formula is C14H19FN4. The Morgan fingerprint density at radius 3 is 2.79 bits per heavy atom. The maximum absolute atomic E-state index is 13.0. The van der Waals surface area contributed by atoms with Gasteiger partial charge in [-0.25, -0.2) is 4.39 Å². The molecule has 1 N–H and O–H groups in total. The molecule has 0 aliphatic rings. The summed E-state index contributed by atoms with van der Waals surface area (Å²) in [5.41, 5.74) is 1.86. The van der Waals surface area contributed by atoms with E-state index < -0.39 is 0 Å². The number of nitrogens with zero attached hydrogens (tertiary/aromatic N) is 3. The lowest BCUT2D eigenvalue weighted by Crippen LogP contribution is -2.25. The van der Waals surface area contributed by atoms with Crippen LogP contribution in [0.4, 0.5) is 4.39 Å². The minimum absolute atomic E-state index is 0.0559. The maximum Gasteiger partial charge on any atom is 0.141 e. The van der Waals surface area contributed by atoms with Gasteiger partial charge in [-0.3, -0.25) is 9.67 Å². The van der Waals surface area contributed by atoms with Gasteiger partial charge in [-0.1, -0.05) is 13.8 Å². The van der Waals surface area contributed by atoms with Crippen molar-refractivity contribution >= 4 is 0 Å². The molecule has 0 aromatic carbocycles. The molecule has 0 bridgehead atoms. The quantitative estimate of drug-likeness (QED) is 0.870. The Balaban J connectivity index is 2.33. The van der Waals surface area contributed by atoms with Crippen molar-refractivity contribution in [3.8, 4) is 0 Å². The first-order chi connectivity index (χ1) is 9.26. The molecule has 0 aliphatic heterocycles. The van der Waals surface area contributed by atoms with Crippen molar-refractivity contribution in [2.24, 2.45) is 0 Å². The fourth-order valence-corrected chi connectivity index (χ4v) is 2.11. The van der Waals surface area contributed by atoms with Crippen LogP contribution in [-0.2, 0) is 6.54 Å². The Morgan fingerprint density at radius 2 is 2.16 bits per heavy atom. The number of aryl methyl sites for hydroxylation is 1. The lowest BCUT2D eigenvalue weighted by Gasteiger charge is -2.18. The van der Waals surface area contributed by atoms with E-state index in [2.05, 4.69) is 22.3 Å². The molecule has 2 heterocycles. The first-order valence-electron chi connectivity index (χ1n) is 6.62. The molecule has 19 heavy (non-hydrogen) atoms. The molecule has 0 spiro atoms. The molecule has 0 radical (unpaired) electrons. The molecule has 5 heteroatoms. The van der Waals surface area contributed by atoms with Gasteiger partial charge in [-0.05, 0) is 31.2 Å². The summed E-state index contributed by atoms with van der Waals surface area (Å²) in [6.07, 6.45) is 4.06. The zero-order valence-electron chi connectivity index (χ0n) is 11.3. The van der Waals surface area contributed by atoms with E-state index in [9.17, 15) is 4.39 Å². The van der Waals surface area contributed by atoms with Crippen molar-refractivity contribution in [1.82, 2.24) is 20.1 Å². The zero-order valence-corrected chi connectivity index (χ0v) is 11.3. The number of hydrogen-bond acceptors (Lipinski definition) is 3. The van der Waals surface area contributed by atoms with Gasteiger partial charge in [-0.15, -0.1) is 0 Å². The van der Waals surface area contributed by atoms with Crippen molar-refractivity contribution in [2.45, 2.75) is 32.9 Å². The molecular weight excluding hydrogens is 243 g/mol. The third-order valence-corrected chi connectivity index (χ3v) is 2.93. The fourth-order valence-electron chi connectivity index (χ4n) is 2.11. The van der Waals surface area contributed by atoms with E-state index in [-0.39, 0.29) is 11.9 Å². The largest absolute Gasteiger partial charge is 0.304 e. The molecule has 4 nitrogen and oxygen atoms in total. The summed E-state index contributed by atoms with van der Waals surface area (Å²) in [5.74, 6) is -0.318. The van der Waals surface area contributed by atoms with E-state index >= 15 is 0 Å². The van der Waals surface area contributed by atoms with Crippen molar-refractivity contribution < 1.29 is 4.39 Å². The first kappa shape index (κ1) is 13.7. The number of nitrogens with one attached hydrogen (secondary N) is 1. The van der Waals surface area contributed by atoms with Crippen molar-refractivity contribution in [2.75, 3.05) is 6.54 Å². The zero-order chi connectivity index (χ0) is 13.7. The molecule has 0 saturated carbocycles. The van der Waals surface area contributed by atoms with E-state index in [4.69, 9.17) is 0 Å². The highest BCUT2D eigenvalue weighted by Crippen LogP contribution is 2.20. The highest BCUT2D eigenvalue weighted by molar-refractivity contribution is 5.22. The fraction of sp³-hybridized carbons (Fsp3) is 0.429. The summed E-state index contributed by atoms with van der Waals surface area (Å²) in [5, 5.41) is 7.70. The molecule has 2 rings (SSSR count). The van der Waals surface area contributed by atoms with Crippen molar-refractivity contribution in [1.29, 1.82) is 0 Å². The Labute approximate surface area is 112 Å². The Morgan fingerprint density at radius 1 is 1.32 bits per heavy atom. The number of aromatic nitrogens is 3. The highest BCUT2D eigenvalue weighted by atomic mass is 19.1. The maximum atomic E-state index is 13.0. The third-order valence-electron chi connectivity index (χ3n) is 2.93. The predicted molar refractivity (Wildman–Crippen MR) is 72.2 cm³/mol. The molecule has 0 amide bonds. The van der Waals surface area contributed by atoms with Crippen LogP contribution in [0.25, 0.3) is 0 Å². The topological polar surface area (TPSA) is 42.7 Å². The van der Waals surface area contributed by atoms with E-state index in [0.717, 1.165) is 30.9 Å². The number of halogens is 1. The second kappa shape index (κ2) is 6.43. The molecule has 1 atom stereocenters. The van der Waals surface area contributed by atoms with Gasteiger partial charge in [0, 0.05) is 12.7 Å². The van der Waals surface area contributed by atoms with Crippen LogP contribution in [0.3, 0.4) is 0 Å². The molecule has 2 aromatic rings. The standard InChI is InChI=1S/C14H19FN4/c1-3-9-19-13(7-8-18-19)14(16-4-2)12-6-5-11(15)10-17-12/h5-8,10,14,16H,3-4,9H2,1-2H3. The smallest absolute Gasteiger partial charge is 0.141 e. The minimum Gasteiger partial charge on any atom is -0.304 e. The highest BCUT2D eigenvalue weighted by Gasteiger charge is 2.18. The summed E-state index contributed by atoms with van der Waals surface area (Å²) in [4.78, 5) is 4.18. The average Bonchev–Trinajstić information content (AvgIpc) is 2.86. The predicted octanol–water partition coefficient (Wildman–Crippen LogP) is 2.53. The van der Waals surface area contributed by atoms with Gasteiger partial charge in [0.1, 0.15) is 5.82 Å². The third kappa shape index (κ3) is 3.17. The van der Waals surface area contributed by atoms with Crippen LogP contribution < -0.4 is 5.32 Å². The number of rotatable bonds is 6. The second-order valence-electron chi connectivity index (χ2n) is 4.37. The minimum atomic E-state index is -0.318. The van der Waals surface area contributed by atoms with E-state index in [1.165, 1.54) is 12.3 Å². The lowest BCUT2D eigenvalue weighted by molar-refractivity contribution is 0.512. The van der Waals surface area contributed by atoms with E-state index in [1.807, 2.05) is 17.7 Å². The van der Waals surface area contributed by atoms with Gasteiger partial charge in [0.05, 0.1) is 23.6 Å². The van der Waals surface area contributed by atoms with Crippen LogP contribution in [0.1, 0.15) is 37.7 Å². The summed E-state index contributed by atoms with van der Waals surface area (Å²) < 4.78 is 14.9. The summed E-state index contributed by atoms with van der Waals surface area (Å²) >= 11 is 0. The molecule has 2 aromatic heterocycles. The lowest BCUT2D eigenvalue weighted by atomic mass is 10.1. The first-order valence-corrected chi connectivity index (χ1v) is 6.62. The Hall–Kier alpha value is -1.75. The summed E-state index contributed by atoms with van der Waals surface area (Å²) in [7, 11) is 0. The van der Waals surface area contributed by atoms with Crippen LogP contribution in [0.15, 0.2) is 30.6 Å². The van der Waals surface area contributed by atoms with E-state index in [0.29, 0.717) is 0 Å². The molecule has 102 valence electrons. The van der Waals surface area contributed by atoms with Gasteiger partial charge in [0.2, 0.25) is 0 Å². The van der Waals surface area contributed by atoms with Gasteiger partial charge >= 0.3 is 0 Å². The molecule has 1 unspecified atom stereocenters. The molecule has 0 aliphatic carbocycles. The Bertz CT molecular complexity index is 506. The number of hydrogen-bond donors (Lipinski definition) is 1. The average molecular weight is 262 g/mol. The monoisotopic (exact) mass is 262 g/mol. The molecule has 0 saturated heterocycles. The number of pyridine rings is 1. The summed E-state index contributed by atoms with van der Waals surface area (Å²) in [6.45, 7) is 5.83. The van der Waals surface area contributed by atoms with Crippen LogP contribution in [0, 0.1) is 5.82 Å². The van der Waals surface area contributed by atoms with Crippen LogP contribution in [0.5, 0.6) is 0 Å². The van der Waals surface area contributed by atoms with Crippen molar-refractivity contribution in [3.63, 3.8) is 0 Å². The second-order valence-corrected chi connectivity index (χ2v) is 4.37. The summed E-state index contributed by atoms with van der Waals surface area (Å²) in [6, 6.07) is 5.08. The molecule has 0 fully saturated rings. The Kier molecular flexibility index (Phi) is 4.63. The van der Waals surface area contributed by atoms with Gasteiger partial charge in [0.15, 0.2) is 0 Å². The van der Waals surface area contributed by atoms with Crippen LogP contribution in [0.2, 0.25) is 0 Å². The van der Waals surface area contributed by atoms with Crippen LogP contribution in [-0.4, -0.2) is 21.3 Å². The van der Waals surface area contributed by atoms with Gasteiger partial charge < -0.3 is 5.32 Å². The van der Waals surface area contributed by atoms with E-state index in [1.54, 1.807) is 12.3 Å². The van der Waals surface area contributed by atoms with Gasteiger partial charge in [0.25, 0.3) is 0 Å². The SMILES string of the molecule is CCCn1nccc1C(NCC)c1ccc(F)cn1. The van der Waals surface area contributed by atoms with Gasteiger partial charge in [-0.2, -0.15) is 5.10 Å².